The number of hydrogen-bond donors (Lipinski definition) is 2. The number of nitrogens with two attached hydrogens (primary N) is 1. The number of rotatable bonds is 3. The Morgan fingerprint density at radius 3 is 2.08 bits per heavy atom. The highest BCUT2D eigenvalue weighted by atomic mass is 19.4. The lowest BCUT2D eigenvalue weighted by molar-refractivity contribution is -0.137. The van der Waals surface area contributed by atoms with Gasteiger partial charge in [0.2, 0.25) is 0 Å². The van der Waals surface area contributed by atoms with Crippen LogP contribution < -0.4 is 5.73 Å². The number of carboxylic acids is 1. The number of nitrogen functional groups attached to an aromatic ring is 1. The van der Waals surface area contributed by atoms with Gasteiger partial charge in [0.05, 0.1) is 16.8 Å². The zero-order valence-corrected chi connectivity index (χ0v) is 12.8. The van der Waals surface area contributed by atoms with E-state index in [1.807, 2.05) is 0 Å². The molecule has 128 valence electrons. The first-order valence-corrected chi connectivity index (χ1v) is 7.24. The minimum absolute atomic E-state index is 0.159. The average molecular weight is 346 g/mol. The third kappa shape index (κ3) is 3.35. The summed E-state index contributed by atoms with van der Waals surface area (Å²) in [5, 5.41) is 8.92. The SMILES string of the molecule is Nc1cn(-c2ccc(C(=O)O)cc2)cc1-c1ccc(C(F)(F)F)cc1. The van der Waals surface area contributed by atoms with Crippen LogP contribution in [0.15, 0.2) is 60.9 Å². The van der Waals surface area contributed by atoms with Gasteiger partial charge in [-0.25, -0.2) is 4.79 Å². The molecule has 3 aromatic rings. The fraction of sp³-hybridized carbons (Fsp3) is 0.0556. The summed E-state index contributed by atoms with van der Waals surface area (Å²) in [4.78, 5) is 10.9. The van der Waals surface area contributed by atoms with Crippen molar-refractivity contribution in [2.24, 2.45) is 0 Å². The summed E-state index contributed by atoms with van der Waals surface area (Å²) < 4.78 is 39.6. The van der Waals surface area contributed by atoms with Crippen LogP contribution in [0.1, 0.15) is 15.9 Å². The quantitative estimate of drug-likeness (QED) is 0.736. The van der Waals surface area contributed by atoms with Gasteiger partial charge in [0.1, 0.15) is 0 Å². The van der Waals surface area contributed by atoms with Crippen LogP contribution in [0.4, 0.5) is 18.9 Å². The number of carboxylic acid groups (broad SMARTS) is 1. The van der Waals surface area contributed by atoms with Gasteiger partial charge in [-0.3, -0.25) is 0 Å². The van der Waals surface area contributed by atoms with Crippen LogP contribution in [0.2, 0.25) is 0 Å². The van der Waals surface area contributed by atoms with E-state index in [1.165, 1.54) is 24.3 Å². The normalized spacial score (nSPS) is 11.5. The van der Waals surface area contributed by atoms with Crippen molar-refractivity contribution in [3.8, 4) is 16.8 Å². The molecule has 2 aromatic carbocycles. The Labute approximate surface area is 140 Å². The molecule has 3 N–H and O–H groups in total. The van der Waals surface area contributed by atoms with Gasteiger partial charge in [-0.15, -0.1) is 0 Å². The van der Waals surface area contributed by atoms with E-state index in [1.54, 1.807) is 29.1 Å². The molecule has 0 unspecified atom stereocenters. The minimum atomic E-state index is -4.39. The number of nitrogens with zero attached hydrogens (tertiary/aromatic N) is 1. The Balaban J connectivity index is 1.93. The van der Waals surface area contributed by atoms with Crippen molar-refractivity contribution in [2.45, 2.75) is 6.18 Å². The van der Waals surface area contributed by atoms with Crippen molar-refractivity contribution in [3.05, 3.63) is 72.1 Å². The Kier molecular flexibility index (Phi) is 4.00. The van der Waals surface area contributed by atoms with Gasteiger partial charge < -0.3 is 15.4 Å². The van der Waals surface area contributed by atoms with Crippen LogP contribution in [-0.2, 0) is 6.18 Å². The number of carbonyl (C=O) groups is 1. The van der Waals surface area contributed by atoms with E-state index >= 15 is 0 Å². The lowest BCUT2D eigenvalue weighted by Crippen LogP contribution is -2.04. The van der Waals surface area contributed by atoms with Gasteiger partial charge in [0.15, 0.2) is 0 Å². The lowest BCUT2D eigenvalue weighted by atomic mass is 10.1. The number of aromatic carboxylic acids is 1. The van der Waals surface area contributed by atoms with E-state index in [2.05, 4.69) is 0 Å². The van der Waals surface area contributed by atoms with E-state index in [0.717, 1.165) is 12.1 Å². The van der Waals surface area contributed by atoms with Gasteiger partial charge in [0.25, 0.3) is 0 Å². The molecule has 0 fully saturated rings. The highest BCUT2D eigenvalue weighted by Gasteiger charge is 2.30. The zero-order chi connectivity index (χ0) is 18.2. The number of aromatic nitrogens is 1. The Hall–Kier alpha value is -3.22. The molecule has 4 nitrogen and oxygen atoms in total. The van der Waals surface area contributed by atoms with Gasteiger partial charge in [-0.1, -0.05) is 12.1 Å². The molecular formula is C18H13F3N2O2. The first kappa shape index (κ1) is 16.6. The highest BCUT2D eigenvalue weighted by molar-refractivity contribution is 5.87. The molecule has 0 radical (unpaired) electrons. The first-order valence-electron chi connectivity index (χ1n) is 7.24. The molecule has 0 aliphatic rings. The molecule has 7 heteroatoms. The van der Waals surface area contributed by atoms with Crippen LogP contribution in [-0.4, -0.2) is 15.6 Å². The third-order valence-electron chi connectivity index (χ3n) is 3.79. The molecule has 0 saturated heterocycles. The maximum atomic E-state index is 12.6. The molecule has 1 heterocycles. The van der Waals surface area contributed by atoms with Crippen molar-refractivity contribution in [1.29, 1.82) is 0 Å². The molecule has 1 aromatic heterocycles. The summed E-state index contributed by atoms with van der Waals surface area (Å²) in [6.45, 7) is 0. The fourth-order valence-corrected chi connectivity index (χ4v) is 2.48. The predicted molar refractivity (Wildman–Crippen MR) is 87.6 cm³/mol. The monoisotopic (exact) mass is 346 g/mol. The van der Waals surface area contributed by atoms with Crippen LogP contribution in [0.3, 0.4) is 0 Å². The Morgan fingerprint density at radius 2 is 1.56 bits per heavy atom. The summed E-state index contributed by atoms with van der Waals surface area (Å²) in [6, 6.07) is 10.9. The molecule has 0 saturated carbocycles. The highest BCUT2D eigenvalue weighted by Crippen LogP contribution is 2.33. The van der Waals surface area contributed by atoms with Gasteiger partial charge in [0, 0.05) is 23.6 Å². The molecular weight excluding hydrogens is 333 g/mol. The largest absolute Gasteiger partial charge is 0.478 e. The van der Waals surface area contributed by atoms with E-state index in [-0.39, 0.29) is 5.56 Å². The Morgan fingerprint density at radius 1 is 0.960 bits per heavy atom. The summed E-state index contributed by atoms with van der Waals surface area (Å²) in [7, 11) is 0. The number of hydrogen-bond acceptors (Lipinski definition) is 2. The second-order valence-electron chi connectivity index (χ2n) is 5.46. The van der Waals surface area contributed by atoms with Gasteiger partial charge in [-0.05, 0) is 42.0 Å². The summed E-state index contributed by atoms with van der Waals surface area (Å²) >= 11 is 0. The van der Waals surface area contributed by atoms with Crippen LogP contribution in [0.25, 0.3) is 16.8 Å². The zero-order valence-electron chi connectivity index (χ0n) is 12.8. The van der Waals surface area contributed by atoms with E-state index < -0.39 is 17.7 Å². The van der Waals surface area contributed by atoms with Crippen molar-refractivity contribution in [1.82, 2.24) is 4.57 Å². The number of alkyl halides is 3. The third-order valence-corrected chi connectivity index (χ3v) is 3.79. The predicted octanol–water partition coefficient (Wildman–Crippen LogP) is 4.44. The number of halogens is 3. The van der Waals surface area contributed by atoms with Gasteiger partial charge in [-0.2, -0.15) is 13.2 Å². The van der Waals surface area contributed by atoms with Gasteiger partial charge >= 0.3 is 12.1 Å². The van der Waals surface area contributed by atoms with Crippen molar-refractivity contribution < 1.29 is 23.1 Å². The number of anilines is 1. The van der Waals surface area contributed by atoms with Crippen LogP contribution >= 0.6 is 0 Å². The summed E-state index contributed by atoms with van der Waals surface area (Å²) in [5.74, 6) is -1.02. The molecule has 0 aliphatic carbocycles. The summed E-state index contributed by atoms with van der Waals surface area (Å²) in [6.07, 6.45) is -1.07. The maximum Gasteiger partial charge on any atom is 0.416 e. The van der Waals surface area contributed by atoms with Crippen molar-refractivity contribution in [3.63, 3.8) is 0 Å². The lowest BCUT2D eigenvalue weighted by Gasteiger charge is -2.07. The molecule has 25 heavy (non-hydrogen) atoms. The van der Waals surface area contributed by atoms with Crippen molar-refractivity contribution in [2.75, 3.05) is 5.73 Å². The average Bonchev–Trinajstić information content (AvgIpc) is 2.96. The molecule has 0 bridgehead atoms. The van der Waals surface area contributed by atoms with Crippen LogP contribution in [0.5, 0.6) is 0 Å². The molecule has 0 spiro atoms. The first-order chi connectivity index (χ1) is 11.8. The summed E-state index contributed by atoms with van der Waals surface area (Å²) in [5.41, 5.74) is 7.66. The smallest absolute Gasteiger partial charge is 0.416 e. The molecule has 3 rings (SSSR count). The fourth-order valence-electron chi connectivity index (χ4n) is 2.48. The van der Waals surface area contributed by atoms with Crippen molar-refractivity contribution >= 4 is 11.7 Å². The Bertz CT molecular complexity index is 911. The number of benzene rings is 2. The van der Waals surface area contributed by atoms with E-state index in [0.29, 0.717) is 22.5 Å². The topological polar surface area (TPSA) is 68.2 Å². The minimum Gasteiger partial charge on any atom is -0.478 e. The van der Waals surface area contributed by atoms with Crippen LogP contribution in [0, 0.1) is 0 Å². The second-order valence-corrected chi connectivity index (χ2v) is 5.46. The second kappa shape index (κ2) is 6.01. The van der Waals surface area contributed by atoms with E-state index in [9.17, 15) is 18.0 Å². The molecule has 0 atom stereocenters. The molecule has 0 aliphatic heterocycles. The standard InChI is InChI=1S/C18H13F3N2O2/c19-18(20,21)13-5-1-11(2-6-13)15-9-23(10-16(15)22)14-7-3-12(4-8-14)17(24)25/h1-10H,22H2,(H,24,25). The maximum absolute atomic E-state index is 12.6. The molecule has 0 amide bonds. The van der Waals surface area contributed by atoms with E-state index in [4.69, 9.17) is 10.8 Å².